The zero-order chi connectivity index (χ0) is 22.8. The summed E-state index contributed by atoms with van der Waals surface area (Å²) < 4.78 is 0. The van der Waals surface area contributed by atoms with Crippen molar-refractivity contribution in [2.75, 3.05) is 18.9 Å². The van der Waals surface area contributed by atoms with Crippen molar-refractivity contribution in [3.8, 4) is 0 Å². The zero-order valence-electron chi connectivity index (χ0n) is 19.4. The Balaban J connectivity index is 1.27. The van der Waals surface area contributed by atoms with Gasteiger partial charge in [0.2, 0.25) is 5.91 Å². The minimum Gasteiger partial charge on any atom is -0.358 e. The van der Waals surface area contributed by atoms with Gasteiger partial charge in [-0.1, -0.05) is 25.0 Å². The van der Waals surface area contributed by atoms with Crippen LogP contribution in [-0.4, -0.2) is 39.4 Å². The second-order valence-electron chi connectivity index (χ2n) is 9.30. The van der Waals surface area contributed by atoms with E-state index in [2.05, 4.69) is 46.3 Å². The van der Waals surface area contributed by atoms with Gasteiger partial charge in [0.15, 0.2) is 0 Å². The van der Waals surface area contributed by atoms with Gasteiger partial charge in [-0.2, -0.15) is 0 Å². The fraction of sp³-hybridized carbons (Fsp3) is 0.370. The molecule has 2 heterocycles. The standard InChI is InChI=1S/C27H31N5O/c1-18-22(13-14-32(2)17-21-16-28-25-9-5-6-10-26(25)30-21)23-15-20(11-12-24(23)29-18)31-27(33)19-7-3-4-8-19/h5-6,9-12,15-16,19,29H,3-4,7-8,13-14,17H2,1-2H3,(H,31,33). The molecule has 0 unspecified atom stereocenters. The first-order valence-electron chi connectivity index (χ1n) is 11.9. The largest absolute Gasteiger partial charge is 0.358 e. The Morgan fingerprint density at radius 2 is 1.94 bits per heavy atom. The van der Waals surface area contributed by atoms with Crippen LogP contribution in [0.1, 0.15) is 42.6 Å². The molecule has 6 heteroatoms. The van der Waals surface area contributed by atoms with Crippen LogP contribution >= 0.6 is 0 Å². The van der Waals surface area contributed by atoms with E-state index in [1.165, 1.54) is 16.6 Å². The van der Waals surface area contributed by atoms with Gasteiger partial charge < -0.3 is 15.2 Å². The van der Waals surface area contributed by atoms with E-state index in [4.69, 9.17) is 4.98 Å². The Bertz CT molecular complexity index is 1290. The maximum absolute atomic E-state index is 12.6. The van der Waals surface area contributed by atoms with Crippen LogP contribution in [0.3, 0.4) is 0 Å². The fourth-order valence-electron chi connectivity index (χ4n) is 4.94. The highest BCUT2D eigenvalue weighted by atomic mass is 16.1. The minimum absolute atomic E-state index is 0.164. The number of fused-ring (bicyclic) bond motifs is 2. The smallest absolute Gasteiger partial charge is 0.227 e. The molecule has 4 aromatic rings. The number of carbonyl (C=O) groups excluding carboxylic acids is 1. The number of aromatic amines is 1. The average Bonchev–Trinajstić information content (AvgIpc) is 3.45. The summed E-state index contributed by atoms with van der Waals surface area (Å²) in [6.45, 7) is 3.78. The van der Waals surface area contributed by atoms with Crippen molar-refractivity contribution in [2.24, 2.45) is 5.92 Å². The Hall–Kier alpha value is -3.25. The van der Waals surface area contributed by atoms with E-state index in [0.717, 1.165) is 73.1 Å². The van der Waals surface area contributed by atoms with Gasteiger partial charge in [0, 0.05) is 41.3 Å². The number of nitrogens with one attached hydrogen (secondary N) is 2. The third-order valence-corrected chi connectivity index (χ3v) is 6.79. The van der Waals surface area contributed by atoms with E-state index >= 15 is 0 Å². The summed E-state index contributed by atoms with van der Waals surface area (Å²) in [6, 6.07) is 14.2. The maximum atomic E-state index is 12.6. The lowest BCUT2D eigenvalue weighted by atomic mass is 10.1. The van der Waals surface area contributed by atoms with Crippen molar-refractivity contribution in [3.63, 3.8) is 0 Å². The number of amides is 1. The van der Waals surface area contributed by atoms with Crippen LogP contribution < -0.4 is 5.32 Å². The van der Waals surface area contributed by atoms with Crippen molar-refractivity contribution < 1.29 is 4.79 Å². The van der Waals surface area contributed by atoms with Crippen LogP contribution in [0.15, 0.2) is 48.7 Å². The number of aromatic nitrogens is 3. The van der Waals surface area contributed by atoms with E-state index in [1.807, 2.05) is 36.5 Å². The first-order valence-corrected chi connectivity index (χ1v) is 11.9. The van der Waals surface area contributed by atoms with Gasteiger partial charge in [0.25, 0.3) is 0 Å². The van der Waals surface area contributed by atoms with E-state index in [0.29, 0.717) is 0 Å². The minimum atomic E-state index is 0.164. The van der Waals surface area contributed by atoms with Crippen molar-refractivity contribution in [3.05, 3.63) is 65.6 Å². The third-order valence-electron chi connectivity index (χ3n) is 6.79. The van der Waals surface area contributed by atoms with Gasteiger partial charge in [-0.25, -0.2) is 4.98 Å². The molecule has 6 nitrogen and oxygen atoms in total. The number of nitrogens with zero attached hydrogens (tertiary/aromatic N) is 3. The third kappa shape index (κ3) is 4.76. The summed E-state index contributed by atoms with van der Waals surface area (Å²) in [5, 5.41) is 4.34. The second-order valence-corrected chi connectivity index (χ2v) is 9.30. The molecule has 0 radical (unpaired) electrons. The number of benzene rings is 2. The van der Waals surface area contributed by atoms with Crippen molar-refractivity contribution in [2.45, 2.75) is 45.6 Å². The summed E-state index contributed by atoms with van der Waals surface area (Å²) >= 11 is 0. The second kappa shape index (κ2) is 9.32. The summed E-state index contributed by atoms with van der Waals surface area (Å²) in [4.78, 5) is 27.6. The molecule has 0 spiro atoms. The van der Waals surface area contributed by atoms with Gasteiger partial charge in [-0.3, -0.25) is 9.78 Å². The molecule has 2 N–H and O–H groups in total. The topological polar surface area (TPSA) is 73.9 Å². The summed E-state index contributed by atoms with van der Waals surface area (Å²) in [5.74, 6) is 0.330. The van der Waals surface area contributed by atoms with Crippen LogP contribution in [0.4, 0.5) is 5.69 Å². The summed E-state index contributed by atoms with van der Waals surface area (Å²) in [7, 11) is 2.12. The molecular formula is C27H31N5O. The highest BCUT2D eigenvalue weighted by Gasteiger charge is 2.22. The average molecular weight is 442 g/mol. The van der Waals surface area contributed by atoms with Crippen molar-refractivity contribution in [1.82, 2.24) is 19.9 Å². The fourth-order valence-corrected chi connectivity index (χ4v) is 4.94. The lowest BCUT2D eigenvalue weighted by Gasteiger charge is -2.16. The van der Waals surface area contributed by atoms with Crippen molar-refractivity contribution in [1.29, 1.82) is 0 Å². The molecule has 2 aromatic heterocycles. The van der Waals surface area contributed by atoms with Crippen LogP contribution in [-0.2, 0) is 17.8 Å². The van der Waals surface area contributed by atoms with Gasteiger partial charge in [-0.05, 0) is 69.1 Å². The Morgan fingerprint density at radius 3 is 2.76 bits per heavy atom. The molecule has 0 saturated heterocycles. The maximum Gasteiger partial charge on any atom is 0.227 e. The summed E-state index contributed by atoms with van der Waals surface area (Å²) in [6.07, 6.45) is 7.14. The molecule has 0 aliphatic heterocycles. The van der Waals surface area contributed by atoms with Gasteiger partial charge >= 0.3 is 0 Å². The quantitative estimate of drug-likeness (QED) is 0.412. The lowest BCUT2D eigenvalue weighted by Crippen LogP contribution is -2.21. The predicted molar refractivity (Wildman–Crippen MR) is 133 cm³/mol. The number of hydrogen-bond acceptors (Lipinski definition) is 4. The molecule has 1 amide bonds. The number of carbonyl (C=O) groups is 1. The number of rotatable bonds is 7. The Kier molecular flexibility index (Phi) is 6.09. The van der Waals surface area contributed by atoms with Gasteiger partial charge in [0.05, 0.1) is 22.9 Å². The molecule has 2 aromatic carbocycles. The molecule has 5 rings (SSSR count). The molecule has 1 fully saturated rings. The summed E-state index contributed by atoms with van der Waals surface area (Å²) in [5.41, 5.74) is 7.33. The zero-order valence-corrected chi connectivity index (χ0v) is 19.4. The predicted octanol–water partition coefficient (Wildman–Crippen LogP) is 5.22. The molecule has 170 valence electrons. The molecule has 0 bridgehead atoms. The number of likely N-dealkylation sites (N-methyl/N-ethyl adjacent to an activating group) is 1. The first-order chi connectivity index (χ1) is 16.1. The van der Waals surface area contributed by atoms with E-state index < -0.39 is 0 Å². The molecule has 33 heavy (non-hydrogen) atoms. The van der Waals surface area contributed by atoms with Crippen molar-refractivity contribution >= 4 is 33.5 Å². The first kappa shape index (κ1) is 21.6. The van der Waals surface area contributed by atoms with E-state index in [1.54, 1.807) is 0 Å². The van der Waals surface area contributed by atoms with E-state index in [-0.39, 0.29) is 11.8 Å². The number of anilines is 1. The highest BCUT2D eigenvalue weighted by Crippen LogP contribution is 2.29. The lowest BCUT2D eigenvalue weighted by molar-refractivity contribution is -0.119. The normalized spacial score (nSPS) is 14.5. The Morgan fingerprint density at radius 1 is 1.15 bits per heavy atom. The molecule has 0 atom stereocenters. The van der Waals surface area contributed by atoms with Gasteiger partial charge in [-0.15, -0.1) is 0 Å². The number of hydrogen-bond donors (Lipinski definition) is 2. The van der Waals surface area contributed by atoms with Crippen LogP contribution in [0.25, 0.3) is 21.9 Å². The van der Waals surface area contributed by atoms with Gasteiger partial charge in [0.1, 0.15) is 0 Å². The number of H-pyrrole nitrogens is 1. The molecule has 1 aliphatic carbocycles. The molecular weight excluding hydrogens is 410 g/mol. The van der Waals surface area contributed by atoms with Crippen LogP contribution in [0.2, 0.25) is 0 Å². The van der Waals surface area contributed by atoms with Crippen LogP contribution in [0, 0.1) is 12.8 Å². The van der Waals surface area contributed by atoms with E-state index in [9.17, 15) is 4.79 Å². The molecule has 1 saturated carbocycles. The number of aryl methyl sites for hydroxylation is 1. The van der Waals surface area contributed by atoms with Crippen LogP contribution in [0.5, 0.6) is 0 Å². The monoisotopic (exact) mass is 441 g/mol. The Labute approximate surface area is 194 Å². The SMILES string of the molecule is Cc1[nH]c2ccc(NC(=O)C3CCCC3)cc2c1CCN(C)Cc1cnc2ccccc2n1. The number of para-hydroxylation sites is 2. The highest BCUT2D eigenvalue weighted by molar-refractivity contribution is 5.96. The molecule has 1 aliphatic rings.